The summed E-state index contributed by atoms with van der Waals surface area (Å²) in [6, 6.07) is 5.28. The standard InChI is InChI=1S/C16H21FN2O3/c1-4-21-8-7-19-15-9-13(22-12(3)11(2)17)5-6-14(15)18-16(19)10-20/h5-6,9-12H,4,7-8H2,1-3H3/t11?,12-/m0/s1. The molecule has 22 heavy (non-hydrogen) atoms. The molecule has 0 aliphatic carbocycles. The van der Waals surface area contributed by atoms with E-state index in [1.54, 1.807) is 29.7 Å². The van der Waals surface area contributed by atoms with Crippen molar-refractivity contribution in [2.24, 2.45) is 0 Å². The number of hydrogen-bond donors (Lipinski definition) is 0. The lowest BCUT2D eigenvalue weighted by atomic mass is 10.2. The number of alkyl halides is 1. The van der Waals surface area contributed by atoms with E-state index in [9.17, 15) is 9.18 Å². The number of imidazole rings is 1. The summed E-state index contributed by atoms with van der Waals surface area (Å²) in [5.74, 6) is 0.901. The van der Waals surface area contributed by atoms with Crippen molar-refractivity contribution in [3.05, 3.63) is 24.0 Å². The second-order valence-corrected chi connectivity index (χ2v) is 5.09. The SMILES string of the molecule is CCOCCn1c(C=O)nc2ccc(O[C@@H](C)C(C)F)cc21. The van der Waals surface area contributed by atoms with Crippen molar-refractivity contribution in [1.29, 1.82) is 0 Å². The number of carbonyl (C=O) groups is 1. The molecule has 1 heterocycles. The first-order valence-electron chi connectivity index (χ1n) is 7.40. The number of rotatable bonds is 8. The molecule has 0 radical (unpaired) electrons. The van der Waals surface area contributed by atoms with Gasteiger partial charge in [-0.1, -0.05) is 0 Å². The monoisotopic (exact) mass is 308 g/mol. The molecule has 0 aliphatic rings. The van der Waals surface area contributed by atoms with E-state index in [1.165, 1.54) is 6.92 Å². The summed E-state index contributed by atoms with van der Waals surface area (Å²) in [4.78, 5) is 15.5. The van der Waals surface area contributed by atoms with E-state index in [2.05, 4.69) is 4.98 Å². The maximum atomic E-state index is 13.2. The van der Waals surface area contributed by atoms with Crippen molar-refractivity contribution < 1.29 is 18.7 Å². The van der Waals surface area contributed by atoms with Crippen molar-refractivity contribution in [2.75, 3.05) is 13.2 Å². The zero-order valence-electron chi connectivity index (χ0n) is 13.1. The average Bonchev–Trinajstić information content (AvgIpc) is 2.85. The van der Waals surface area contributed by atoms with Crippen molar-refractivity contribution in [1.82, 2.24) is 9.55 Å². The number of benzene rings is 1. The van der Waals surface area contributed by atoms with E-state index in [1.807, 2.05) is 6.92 Å². The Hall–Kier alpha value is -1.95. The third-order valence-corrected chi connectivity index (χ3v) is 3.49. The van der Waals surface area contributed by atoms with Gasteiger partial charge in [-0.25, -0.2) is 9.37 Å². The number of nitrogens with zero attached hydrogens (tertiary/aromatic N) is 2. The van der Waals surface area contributed by atoms with Crippen molar-refractivity contribution in [3.63, 3.8) is 0 Å². The summed E-state index contributed by atoms with van der Waals surface area (Å²) in [5.41, 5.74) is 1.48. The summed E-state index contributed by atoms with van der Waals surface area (Å²) >= 11 is 0. The molecule has 0 aliphatic heterocycles. The Kier molecular flexibility index (Phi) is 5.49. The Labute approximate surface area is 129 Å². The molecule has 0 saturated carbocycles. The van der Waals surface area contributed by atoms with Gasteiger partial charge in [0.25, 0.3) is 0 Å². The van der Waals surface area contributed by atoms with Crippen LogP contribution in [0.3, 0.4) is 0 Å². The molecule has 0 fully saturated rings. The smallest absolute Gasteiger partial charge is 0.185 e. The predicted octanol–water partition coefficient (Wildman–Crippen LogP) is 3.01. The molecule has 2 rings (SSSR count). The maximum Gasteiger partial charge on any atom is 0.185 e. The molecule has 1 aromatic heterocycles. The molecule has 1 aromatic carbocycles. The lowest BCUT2D eigenvalue weighted by Gasteiger charge is -2.16. The first-order valence-corrected chi connectivity index (χ1v) is 7.40. The van der Waals surface area contributed by atoms with E-state index in [-0.39, 0.29) is 0 Å². The minimum absolute atomic E-state index is 0.346. The Morgan fingerprint density at radius 1 is 1.41 bits per heavy atom. The highest BCUT2D eigenvalue weighted by molar-refractivity contribution is 5.84. The summed E-state index contributed by atoms with van der Waals surface area (Å²) in [6.45, 7) is 6.68. The number of hydrogen-bond acceptors (Lipinski definition) is 4. The van der Waals surface area contributed by atoms with Crippen LogP contribution in [-0.2, 0) is 11.3 Å². The van der Waals surface area contributed by atoms with E-state index in [0.29, 0.717) is 36.8 Å². The van der Waals surface area contributed by atoms with E-state index < -0.39 is 12.3 Å². The molecule has 2 aromatic rings. The Balaban J connectivity index is 2.32. The number of halogens is 1. The lowest BCUT2D eigenvalue weighted by molar-refractivity contribution is 0.110. The van der Waals surface area contributed by atoms with Gasteiger partial charge >= 0.3 is 0 Å². The Morgan fingerprint density at radius 2 is 2.18 bits per heavy atom. The molecular formula is C16H21FN2O3. The fourth-order valence-electron chi connectivity index (χ4n) is 2.13. The number of ether oxygens (including phenoxy) is 2. The summed E-state index contributed by atoms with van der Waals surface area (Å²) in [6.07, 6.45) is -0.884. The van der Waals surface area contributed by atoms with Crippen LogP contribution in [0.15, 0.2) is 18.2 Å². The van der Waals surface area contributed by atoms with E-state index in [4.69, 9.17) is 9.47 Å². The highest BCUT2D eigenvalue weighted by Gasteiger charge is 2.15. The molecule has 5 nitrogen and oxygen atoms in total. The van der Waals surface area contributed by atoms with Gasteiger partial charge in [0.05, 0.1) is 17.6 Å². The largest absolute Gasteiger partial charge is 0.488 e. The molecule has 0 amide bonds. The van der Waals surface area contributed by atoms with Gasteiger partial charge in [-0.2, -0.15) is 0 Å². The minimum Gasteiger partial charge on any atom is -0.488 e. The quantitative estimate of drug-likeness (QED) is 0.555. The van der Waals surface area contributed by atoms with Crippen LogP contribution in [0.1, 0.15) is 31.4 Å². The van der Waals surface area contributed by atoms with Crippen LogP contribution in [0, 0.1) is 0 Å². The molecule has 0 spiro atoms. The van der Waals surface area contributed by atoms with Crippen LogP contribution in [0.2, 0.25) is 0 Å². The van der Waals surface area contributed by atoms with Gasteiger partial charge < -0.3 is 14.0 Å². The molecule has 0 N–H and O–H groups in total. The number of aldehydes is 1. The van der Waals surface area contributed by atoms with Gasteiger partial charge in [-0.15, -0.1) is 0 Å². The molecule has 0 saturated heterocycles. The Morgan fingerprint density at radius 3 is 2.82 bits per heavy atom. The van der Waals surface area contributed by atoms with Crippen LogP contribution in [-0.4, -0.2) is 41.3 Å². The third kappa shape index (κ3) is 3.62. The highest BCUT2D eigenvalue weighted by Crippen LogP contribution is 2.23. The molecule has 6 heteroatoms. The van der Waals surface area contributed by atoms with Crippen molar-refractivity contribution in [3.8, 4) is 5.75 Å². The fraction of sp³-hybridized carbons (Fsp3) is 0.500. The normalized spacial score (nSPS) is 14.0. The van der Waals surface area contributed by atoms with E-state index in [0.717, 1.165) is 11.8 Å². The van der Waals surface area contributed by atoms with Gasteiger partial charge in [0.15, 0.2) is 12.1 Å². The topological polar surface area (TPSA) is 53.4 Å². The van der Waals surface area contributed by atoms with Gasteiger partial charge in [-0.05, 0) is 32.9 Å². The zero-order valence-corrected chi connectivity index (χ0v) is 13.1. The van der Waals surface area contributed by atoms with Gasteiger partial charge in [0.1, 0.15) is 18.0 Å². The minimum atomic E-state index is -1.07. The highest BCUT2D eigenvalue weighted by atomic mass is 19.1. The van der Waals surface area contributed by atoms with Gasteiger partial charge in [0.2, 0.25) is 0 Å². The second kappa shape index (κ2) is 7.35. The first kappa shape index (κ1) is 16.4. The number of aromatic nitrogens is 2. The van der Waals surface area contributed by atoms with Crippen LogP contribution in [0.5, 0.6) is 5.75 Å². The first-order chi connectivity index (χ1) is 10.6. The third-order valence-electron chi connectivity index (χ3n) is 3.49. The second-order valence-electron chi connectivity index (χ2n) is 5.09. The number of carbonyl (C=O) groups excluding carboxylic acids is 1. The van der Waals surface area contributed by atoms with Gasteiger partial charge in [0, 0.05) is 19.2 Å². The summed E-state index contributed by atoms with van der Waals surface area (Å²) < 4.78 is 25.9. The fourth-order valence-corrected chi connectivity index (χ4v) is 2.13. The molecule has 120 valence electrons. The van der Waals surface area contributed by atoms with Crippen LogP contribution >= 0.6 is 0 Å². The molecular weight excluding hydrogens is 287 g/mol. The average molecular weight is 308 g/mol. The summed E-state index contributed by atoms with van der Waals surface area (Å²) in [7, 11) is 0. The van der Waals surface area contributed by atoms with Crippen LogP contribution in [0.4, 0.5) is 4.39 Å². The van der Waals surface area contributed by atoms with Crippen LogP contribution in [0.25, 0.3) is 11.0 Å². The van der Waals surface area contributed by atoms with Gasteiger partial charge in [-0.3, -0.25) is 4.79 Å². The predicted molar refractivity (Wildman–Crippen MR) is 82.3 cm³/mol. The lowest BCUT2D eigenvalue weighted by Crippen LogP contribution is -2.22. The van der Waals surface area contributed by atoms with E-state index >= 15 is 0 Å². The molecule has 2 atom stereocenters. The summed E-state index contributed by atoms with van der Waals surface area (Å²) in [5, 5.41) is 0. The molecule has 1 unspecified atom stereocenters. The zero-order chi connectivity index (χ0) is 16.1. The Bertz CT molecular complexity index is 640. The molecule has 0 bridgehead atoms. The number of fused-ring (bicyclic) bond motifs is 1. The van der Waals surface area contributed by atoms with Crippen molar-refractivity contribution >= 4 is 17.3 Å². The van der Waals surface area contributed by atoms with Crippen molar-refractivity contribution in [2.45, 2.75) is 39.6 Å². The van der Waals surface area contributed by atoms with Crippen LogP contribution < -0.4 is 4.74 Å². The maximum absolute atomic E-state index is 13.2.